The van der Waals surface area contributed by atoms with E-state index >= 15 is 0 Å². The second-order valence-corrected chi connectivity index (χ2v) is 5.47. The highest BCUT2D eigenvalue weighted by Gasteiger charge is 2.21. The maximum Gasteiger partial charge on any atom is 0.118 e. The maximum absolute atomic E-state index is 10.5. The lowest BCUT2D eigenvalue weighted by atomic mass is 9.91. The summed E-state index contributed by atoms with van der Waals surface area (Å²) in [6.45, 7) is 1.88. The van der Waals surface area contributed by atoms with Crippen LogP contribution in [-0.2, 0) is 19.9 Å². The van der Waals surface area contributed by atoms with Crippen LogP contribution in [0.15, 0.2) is 36.5 Å². The Labute approximate surface area is 120 Å². The molecule has 0 radical (unpaired) electrons. The first-order chi connectivity index (χ1) is 9.50. The average Bonchev–Trinajstić information content (AvgIpc) is 2.83. The third kappa shape index (κ3) is 3.84. The van der Waals surface area contributed by atoms with Gasteiger partial charge in [0.1, 0.15) is 5.75 Å². The molecule has 1 unspecified atom stereocenters. The van der Waals surface area contributed by atoms with Gasteiger partial charge in [-0.25, -0.2) is 0 Å². The molecular weight excluding hydrogens is 252 g/mol. The highest BCUT2D eigenvalue weighted by Crippen LogP contribution is 2.21. The predicted octanol–water partition coefficient (Wildman–Crippen LogP) is 2.36. The minimum absolute atomic E-state index is 0.634. The van der Waals surface area contributed by atoms with Gasteiger partial charge in [-0.15, -0.1) is 0 Å². The number of ether oxygens (including phenoxy) is 1. The van der Waals surface area contributed by atoms with Crippen LogP contribution < -0.4 is 4.74 Å². The van der Waals surface area contributed by atoms with E-state index in [1.807, 2.05) is 49.0 Å². The third-order valence-electron chi connectivity index (χ3n) is 3.59. The van der Waals surface area contributed by atoms with Crippen molar-refractivity contribution in [2.75, 3.05) is 7.11 Å². The predicted molar refractivity (Wildman–Crippen MR) is 78.9 cm³/mol. The lowest BCUT2D eigenvalue weighted by molar-refractivity contribution is 0.0511. The molecule has 1 heterocycles. The van der Waals surface area contributed by atoms with Crippen LogP contribution in [-0.4, -0.2) is 27.6 Å². The summed E-state index contributed by atoms with van der Waals surface area (Å²) in [6, 6.07) is 9.83. The summed E-state index contributed by atoms with van der Waals surface area (Å²) in [7, 11) is 3.58. The second-order valence-electron chi connectivity index (χ2n) is 5.47. The fourth-order valence-corrected chi connectivity index (χ4v) is 2.32. The number of aliphatic hydroxyl groups is 1. The zero-order valence-electron chi connectivity index (χ0n) is 12.3. The lowest BCUT2D eigenvalue weighted by Gasteiger charge is -2.23. The van der Waals surface area contributed by atoms with Crippen LogP contribution in [0.1, 0.15) is 24.6 Å². The van der Waals surface area contributed by atoms with Gasteiger partial charge in [0.05, 0.1) is 12.7 Å². The Kier molecular flexibility index (Phi) is 4.45. The van der Waals surface area contributed by atoms with Crippen molar-refractivity contribution in [3.63, 3.8) is 0 Å². The largest absolute Gasteiger partial charge is 0.497 e. The van der Waals surface area contributed by atoms with Crippen LogP contribution in [0.25, 0.3) is 0 Å². The number of benzene rings is 1. The molecular formula is C16H22N2O2. The van der Waals surface area contributed by atoms with E-state index in [9.17, 15) is 5.11 Å². The molecule has 0 amide bonds. The summed E-state index contributed by atoms with van der Waals surface area (Å²) in [5, 5.41) is 14.7. The minimum Gasteiger partial charge on any atom is -0.497 e. The van der Waals surface area contributed by atoms with Crippen LogP contribution in [0.3, 0.4) is 0 Å². The van der Waals surface area contributed by atoms with E-state index in [0.717, 1.165) is 23.4 Å². The topological polar surface area (TPSA) is 47.3 Å². The van der Waals surface area contributed by atoms with Crippen molar-refractivity contribution in [1.29, 1.82) is 0 Å². The van der Waals surface area contributed by atoms with Gasteiger partial charge in [0, 0.05) is 25.4 Å². The standard InChI is InChI=1S/C16H22N2O2/c1-16(19,10-8-14-9-11-17-18(14)2)12-13-4-6-15(20-3)7-5-13/h4-7,9,11,19H,8,10,12H2,1-3H3. The first-order valence-corrected chi connectivity index (χ1v) is 6.82. The molecule has 1 atom stereocenters. The second kappa shape index (κ2) is 6.09. The Morgan fingerprint density at radius 2 is 1.95 bits per heavy atom. The number of aryl methyl sites for hydroxylation is 2. The Hall–Kier alpha value is -1.81. The van der Waals surface area contributed by atoms with Crippen molar-refractivity contribution in [3.05, 3.63) is 47.8 Å². The summed E-state index contributed by atoms with van der Waals surface area (Å²) in [5.74, 6) is 0.836. The molecule has 2 rings (SSSR count). The fraction of sp³-hybridized carbons (Fsp3) is 0.438. The smallest absolute Gasteiger partial charge is 0.118 e. The van der Waals surface area contributed by atoms with Crippen molar-refractivity contribution in [1.82, 2.24) is 9.78 Å². The van der Waals surface area contributed by atoms with Gasteiger partial charge in [-0.3, -0.25) is 4.68 Å². The molecule has 0 aliphatic rings. The van der Waals surface area contributed by atoms with Crippen LogP contribution in [0.4, 0.5) is 0 Å². The van der Waals surface area contributed by atoms with Crippen LogP contribution in [0, 0.1) is 0 Å². The molecule has 1 aromatic heterocycles. The van der Waals surface area contributed by atoms with Gasteiger partial charge in [0.25, 0.3) is 0 Å². The molecule has 2 aromatic rings. The van der Waals surface area contributed by atoms with Crippen molar-refractivity contribution >= 4 is 0 Å². The molecule has 0 spiro atoms. The van der Waals surface area contributed by atoms with Crippen LogP contribution >= 0.6 is 0 Å². The molecule has 20 heavy (non-hydrogen) atoms. The number of hydrogen-bond acceptors (Lipinski definition) is 3. The number of aromatic nitrogens is 2. The van der Waals surface area contributed by atoms with Crippen LogP contribution in [0.5, 0.6) is 5.75 Å². The number of methoxy groups -OCH3 is 1. The van der Waals surface area contributed by atoms with Gasteiger partial charge in [-0.05, 0) is 43.5 Å². The maximum atomic E-state index is 10.5. The Morgan fingerprint density at radius 3 is 2.50 bits per heavy atom. The Bertz CT molecular complexity index is 544. The highest BCUT2D eigenvalue weighted by atomic mass is 16.5. The van der Waals surface area contributed by atoms with Crippen molar-refractivity contribution < 1.29 is 9.84 Å². The van der Waals surface area contributed by atoms with Gasteiger partial charge < -0.3 is 9.84 Å². The van der Waals surface area contributed by atoms with E-state index in [1.165, 1.54) is 0 Å². The summed E-state index contributed by atoms with van der Waals surface area (Å²) < 4.78 is 6.99. The minimum atomic E-state index is -0.723. The van der Waals surface area contributed by atoms with E-state index in [1.54, 1.807) is 13.3 Å². The normalized spacial score (nSPS) is 14.0. The van der Waals surface area contributed by atoms with Gasteiger partial charge in [-0.2, -0.15) is 5.10 Å². The van der Waals surface area contributed by atoms with Gasteiger partial charge >= 0.3 is 0 Å². The van der Waals surface area contributed by atoms with E-state index in [2.05, 4.69) is 5.10 Å². The third-order valence-corrected chi connectivity index (χ3v) is 3.59. The summed E-state index contributed by atoms with van der Waals surface area (Å²) in [4.78, 5) is 0. The highest BCUT2D eigenvalue weighted by molar-refractivity contribution is 5.28. The summed E-state index contributed by atoms with van der Waals surface area (Å²) in [5.41, 5.74) is 1.53. The SMILES string of the molecule is COc1ccc(CC(C)(O)CCc2ccnn2C)cc1. The van der Waals surface area contributed by atoms with Gasteiger partial charge in [0.2, 0.25) is 0 Å². The molecule has 4 heteroatoms. The monoisotopic (exact) mass is 274 g/mol. The van der Waals surface area contributed by atoms with Gasteiger partial charge in [0.15, 0.2) is 0 Å². The molecule has 1 aromatic carbocycles. The van der Waals surface area contributed by atoms with E-state index in [4.69, 9.17) is 4.74 Å². The quantitative estimate of drug-likeness (QED) is 0.879. The lowest BCUT2D eigenvalue weighted by Crippen LogP contribution is -2.28. The molecule has 1 N–H and O–H groups in total. The Balaban J connectivity index is 1.94. The number of rotatable bonds is 6. The molecule has 0 aliphatic heterocycles. The Morgan fingerprint density at radius 1 is 1.25 bits per heavy atom. The molecule has 0 saturated heterocycles. The summed E-state index contributed by atoms with van der Waals surface area (Å²) in [6.07, 6.45) is 3.95. The molecule has 4 nitrogen and oxygen atoms in total. The first kappa shape index (κ1) is 14.6. The van der Waals surface area contributed by atoms with E-state index < -0.39 is 5.60 Å². The molecule has 0 saturated carbocycles. The number of hydrogen-bond donors (Lipinski definition) is 1. The molecule has 0 bridgehead atoms. The van der Waals surface area contributed by atoms with Gasteiger partial charge in [-0.1, -0.05) is 12.1 Å². The zero-order chi connectivity index (χ0) is 14.6. The van der Waals surface area contributed by atoms with E-state index in [-0.39, 0.29) is 0 Å². The van der Waals surface area contributed by atoms with Crippen molar-refractivity contribution in [2.24, 2.45) is 7.05 Å². The van der Waals surface area contributed by atoms with Crippen molar-refractivity contribution in [2.45, 2.75) is 31.8 Å². The summed E-state index contributed by atoms with van der Waals surface area (Å²) >= 11 is 0. The van der Waals surface area contributed by atoms with E-state index in [0.29, 0.717) is 12.8 Å². The number of nitrogens with zero attached hydrogens (tertiary/aromatic N) is 2. The first-order valence-electron chi connectivity index (χ1n) is 6.82. The van der Waals surface area contributed by atoms with Crippen LogP contribution in [0.2, 0.25) is 0 Å². The van der Waals surface area contributed by atoms with Crippen molar-refractivity contribution in [3.8, 4) is 5.75 Å². The molecule has 0 fully saturated rings. The fourth-order valence-electron chi connectivity index (χ4n) is 2.32. The average molecular weight is 274 g/mol. The zero-order valence-corrected chi connectivity index (χ0v) is 12.3. The molecule has 108 valence electrons. The molecule has 0 aliphatic carbocycles.